The van der Waals surface area contributed by atoms with Crippen LogP contribution in [0.3, 0.4) is 0 Å². The van der Waals surface area contributed by atoms with Crippen LogP contribution in [-0.4, -0.2) is 42.6 Å². The van der Waals surface area contributed by atoms with E-state index in [1.54, 1.807) is 12.1 Å². The van der Waals surface area contributed by atoms with Crippen molar-refractivity contribution in [3.8, 4) is 0 Å². The van der Waals surface area contributed by atoms with Crippen LogP contribution >= 0.6 is 0 Å². The molecule has 0 aromatic heterocycles. The summed E-state index contributed by atoms with van der Waals surface area (Å²) >= 11 is 0. The lowest BCUT2D eigenvalue weighted by Crippen LogP contribution is -2.63. The van der Waals surface area contributed by atoms with Crippen molar-refractivity contribution in [2.24, 2.45) is 0 Å². The van der Waals surface area contributed by atoms with Crippen molar-refractivity contribution in [2.75, 3.05) is 5.75 Å². The lowest BCUT2D eigenvalue weighted by molar-refractivity contribution is -0.356. The molecule has 1 aromatic carbocycles. The van der Waals surface area contributed by atoms with E-state index in [2.05, 4.69) is 4.74 Å². The van der Waals surface area contributed by atoms with E-state index in [1.165, 1.54) is 0 Å². The van der Waals surface area contributed by atoms with Gasteiger partial charge in [0, 0.05) is 0 Å². The van der Waals surface area contributed by atoms with Crippen molar-refractivity contribution in [3.63, 3.8) is 0 Å². The lowest BCUT2D eigenvalue weighted by Gasteiger charge is -2.38. The van der Waals surface area contributed by atoms with Gasteiger partial charge in [-0.15, -0.1) is 0 Å². The van der Waals surface area contributed by atoms with Crippen LogP contribution in [0, 0.1) is 0 Å². The second-order valence-electron chi connectivity index (χ2n) is 12.0. The van der Waals surface area contributed by atoms with E-state index < -0.39 is 39.8 Å². The van der Waals surface area contributed by atoms with Crippen LogP contribution in [0.2, 0.25) is 0 Å². The molecule has 3 saturated carbocycles. The SMILES string of the molecule is O=C(OC(CS(=O)(=O)[O-])(C(F)(F)F)C(F)(F)F)c1c(C2CCCCC2)cc(C2CCCCC2)cc1C1CCCCC1. The standard InChI is InChI=1S/C29H38F6O5S/c30-28(31,32)27(29(33,34)35,18-41(37,38)39)40-26(36)25-23(20-12-6-2-7-13-20)16-22(19-10-4-1-5-11-19)17-24(25)21-14-8-3-9-15-21/h16-17,19-21H,1-15,18H2,(H,37,38,39)/p-1. The average Bonchev–Trinajstić information content (AvgIpc) is 2.91. The fraction of sp³-hybridized carbons (Fsp3) is 0.759. The monoisotopic (exact) mass is 611 g/mol. The highest BCUT2D eigenvalue weighted by atomic mass is 32.2. The molecule has 0 atom stereocenters. The maximum Gasteiger partial charge on any atom is 0.438 e. The van der Waals surface area contributed by atoms with Crippen LogP contribution < -0.4 is 0 Å². The van der Waals surface area contributed by atoms with Crippen molar-refractivity contribution in [1.29, 1.82) is 0 Å². The summed E-state index contributed by atoms with van der Waals surface area (Å²) in [6.07, 6.45) is -0.337. The zero-order chi connectivity index (χ0) is 30.1. The van der Waals surface area contributed by atoms with Gasteiger partial charge in [0.2, 0.25) is 0 Å². The summed E-state index contributed by atoms with van der Waals surface area (Å²) in [6.45, 7) is 0. The van der Waals surface area contributed by atoms with Gasteiger partial charge in [0.15, 0.2) is 0 Å². The van der Waals surface area contributed by atoms with E-state index >= 15 is 0 Å². The normalized spacial score (nSPS) is 21.1. The quantitative estimate of drug-likeness (QED) is 0.176. The number of ether oxygens (including phenoxy) is 1. The Morgan fingerprint density at radius 2 is 1.07 bits per heavy atom. The number of carbonyl (C=O) groups excluding carboxylic acids is 1. The third-order valence-corrected chi connectivity index (χ3v) is 9.92. The second-order valence-corrected chi connectivity index (χ2v) is 13.4. The number of carbonyl (C=O) groups is 1. The van der Waals surface area contributed by atoms with Crippen molar-refractivity contribution < 1.29 is 48.8 Å². The predicted octanol–water partition coefficient (Wildman–Crippen LogP) is 8.40. The number of halogens is 6. The van der Waals surface area contributed by atoms with Crippen LogP contribution in [-0.2, 0) is 14.9 Å². The Morgan fingerprint density at radius 3 is 1.41 bits per heavy atom. The molecule has 0 bridgehead atoms. The van der Waals surface area contributed by atoms with Gasteiger partial charge in [-0.1, -0.05) is 69.9 Å². The maximum atomic E-state index is 14.1. The average molecular weight is 612 g/mol. The molecule has 232 valence electrons. The minimum atomic E-state index is -6.41. The van der Waals surface area contributed by atoms with Gasteiger partial charge >= 0.3 is 23.9 Å². The molecule has 0 N–H and O–H groups in total. The van der Waals surface area contributed by atoms with E-state index in [9.17, 15) is 44.1 Å². The molecular weight excluding hydrogens is 574 g/mol. The van der Waals surface area contributed by atoms with E-state index in [0.29, 0.717) is 36.8 Å². The van der Waals surface area contributed by atoms with Gasteiger partial charge < -0.3 is 9.29 Å². The molecule has 1 aromatic rings. The third-order valence-electron chi connectivity index (χ3n) is 9.16. The van der Waals surface area contributed by atoms with Crippen molar-refractivity contribution in [2.45, 2.75) is 132 Å². The Balaban J connectivity index is 1.91. The largest absolute Gasteiger partial charge is 0.748 e. The fourth-order valence-corrected chi connectivity index (χ4v) is 7.90. The number of benzene rings is 1. The molecule has 3 aliphatic carbocycles. The number of hydrogen-bond acceptors (Lipinski definition) is 5. The molecule has 0 saturated heterocycles. The van der Waals surface area contributed by atoms with E-state index in [1.807, 2.05) is 0 Å². The zero-order valence-electron chi connectivity index (χ0n) is 22.9. The molecule has 3 aliphatic rings. The molecule has 0 radical (unpaired) electrons. The third kappa shape index (κ3) is 7.22. The summed E-state index contributed by atoms with van der Waals surface area (Å²) in [7, 11) is -6.13. The van der Waals surface area contributed by atoms with E-state index in [4.69, 9.17) is 0 Å². The summed E-state index contributed by atoms with van der Waals surface area (Å²) < 4.78 is 123. The zero-order valence-corrected chi connectivity index (χ0v) is 23.7. The summed E-state index contributed by atoms with van der Waals surface area (Å²) in [6, 6.07) is 3.56. The molecule has 0 unspecified atom stereocenters. The Morgan fingerprint density at radius 1 is 0.707 bits per heavy atom. The van der Waals surface area contributed by atoms with Gasteiger partial charge in [0.1, 0.15) is 0 Å². The second kappa shape index (κ2) is 12.4. The van der Waals surface area contributed by atoms with Gasteiger partial charge in [-0.25, -0.2) is 13.2 Å². The topological polar surface area (TPSA) is 83.5 Å². The molecule has 12 heteroatoms. The van der Waals surface area contributed by atoms with Gasteiger partial charge in [0.25, 0.3) is 0 Å². The van der Waals surface area contributed by atoms with Crippen LogP contribution in [0.5, 0.6) is 0 Å². The van der Waals surface area contributed by atoms with Gasteiger partial charge in [-0.3, -0.25) is 0 Å². The van der Waals surface area contributed by atoms with Gasteiger partial charge in [0.05, 0.1) is 21.4 Å². The molecule has 3 fully saturated rings. The van der Waals surface area contributed by atoms with Crippen molar-refractivity contribution in [3.05, 3.63) is 34.4 Å². The van der Waals surface area contributed by atoms with Gasteiger partial charge in [-0.05, 0) is 73.0 Å². The molecule has 41 heavy (non-hydrogen) atoms. The predicted molar refractivity (Wildman–Crippen MR) is 139 cm³/mol. The molecular formula is C29H37F6O5S-. The fourth-order valence-electron chi connectivity index (χ4n) is 7.02. The minimum absolute atomic E-state index is 0.175. The number of rotatable bonds is 7. The minimum Gasteiger partial charge on any atom is -0.748 e. The summed E-state index contributed by atoms with van der Waals surface area (Å²) in [5, 5.41) is 0. The molecule has 4 rings (SSSR count). The smallest absolute Gasteiger partial charge is 0.438 e. The Kier molecular flexibility index (Phi) is 9.73. The highest BCUT2D eigenvalue weighted by Crippen LogP contribution is 2.49. The van der Waals surface area contributed by atoms with Gasteiger partial charge in [-0.2, -0.15) is 26.3 Å². The van der Waals surface area contributed by atoms with Crippen LogP contribution in [0.1, 0.15) is 141 Å². The molecule has 0 spiro atoms. The van der Waals surface area contributed by atoms with Crippen molar-refractivity contribution >= 4 is 16.1 Å². The van der Waals surface area contributed by atoms with Crippen LogP contribution in [0.4, 0.5) is 26.3 Å². The van der Waals surface area contributed by atoms with Crippen LogP contribution in [0.15, 0.2) is 12.1 Å². The summed E-state index contributed by atoms with van der Waals surface area (Å²) in [4.78, 5) is 13.7. The summed E-state index contributed by atoms with van der Waals surface area (Å²) in [5.74, 6) is -5.21. The highest BCUT2D eigenvalue weighted by molar-refractivity contribution is 7.85. The first-order chi connectivity index (χ1) is 19.1. The summed E-state index contributed by atoms with van der Waals surface area (Å²) in [5.41, 5.74) is -4.08. The number of alkyl halides is 6. The molecule has 0 heterocycles. The molecule has 5 nitrogen and oxygen atoms in total. The first-order valence-corrected chi connectivity index (χ1v) is 16.2. The molecule has 0 amide bonds. The highest BCUT2D eigenvalue weighted by Gasteiger charge is 2.75. The molecule has 0 aliphatic heterocycles. The first kappa shape index (κ1) is 32.1. The number of esters is 1. The van der Waals surface area contributed by atoms with E-state index in [-0.39, 0.29) is 23.3 Å². The first-order valence-electron chi connectivity index (χ1n) is 14.6. The maximum absolute atomic E-state index is 14.1. The lowest BCUT2D eigenvalue weighted by atomic mass is 9.73. The number of hydrogen-bond donors (Lipinski definition) is 0. The Hall–Kier alpha value is -1.82. The van der Waals surface area contributed by atoms with Crippen molar-refractivity contribution in [1.82, 2.24) is 0 Å². The van der Waals surface area contributed by atoms with Crippen LogP contribution in [0.25, 0.3) is 0 Å². The Bertz CT molecular complexity index is 1120. The Labute approximate surface area is 237 Å². The van der Waals surface area contributed by atoms with E-state index in [0.717, 1.165) is 76.2 Å².